The van der Waals surface area contributed by atoms with Crippen molar-refractivity contribution >= 4 is 17.7 Å². The van der Waals surface area contributed by atoms with Crippen LogP contribution in [0.3, 0.4) is 0 Å². The number of amides is 3. The van der Waals surface area contributed by atoms with Crippen LogP contribution >= 0.6 is 0 Å². The summed E-state index contributed by atoms with van der Waals surface area (Å²) in [7, 11) is 6.98. The molecule has 5 rings (SSSR count). The molecule has 47 heavy (non-hydrogen) atoms. The molecule has 2 atom stereocenters. The smallest absolute Gasteiger partial charge is 0.253 e. The number of benzene rings is 2. The number of nitrogens with one attached hydrogen (secondary N) is 2. The standard InChI is InChI=1S/C36H46N8O3/c1-22(2)32-39-35(41-40-32)36(19-23(3)38-21-31(45)44-16-8-9-28(44)20-37)29-14-12-26(33(46)42(4)5)17-24(29)10-11-25-18-27(13-15-30(25)36)34(47)43(6)7/h12-15,17-18,22-23,28,38H,8-11,16,19,21H2,1-7H3,(H,39,40,41)/t23-,28?/m1/s1. The van der Waals surface area contributed by atoms with Gasteiger partial charge in [-0.3, -0.25) is 14.4 Å². The van der Waals surface area contributed by atoms with Crippen LogP contribution in [0.2, 0.25) is 0 Å². The van der Waals surface area contributed by atoms with Gasteiger partial charge in [0, 0.05) is 57.8 Å². The van der Waals surface area contributed by atoms with Crippen molar-refractivity contribution in [2.75, 3.05) is 41.3 Å². The molecule has 1 saturated heterocycles. The van der Waals surface area contributed by atoms with Crippen LogP contribution in [0.4, 0.5) is 0 Å². The molecule has 2 heterocycles. The van der Waals surface area contributed by atoms with Crippen LogP contribution in [0.1, 0.15) is 101 Å². The molecule has 1 aliphatic heterocycles. The van der Waals surface area contributed by atoms with E-state index in [-0.39, 0.29) is 42.3 Å². The Bertz CT molecular complexity index is 1630. The maximum Gasteiger partial charge on any atom is 0.253 e. The summed E-state index contributed by atoms with van der Waals surface area (Å²) in [5.74, 6) is 1.31. The van der Waals surface area contributed by atoms with Crippen LogP contribution in [0.5, 0.6) is 0 Å². The zero-order valence-corrected chi connectivity index (χ0v) is 28.6. The molecule has 248 valence electrons. The molecule has 1 fully saturated rings. The number of aromatic nitrogens is 3. The lowest BCUT2D eigenvalue weighted by Gasteiger charge is -2.37. The van der Waals surface area contributed by atoms with Crippen molar-refractivity contribution in [3.63, 3.8) is 0 Å². The molecular weight excluding hydrogens is 592 g/mol. The van der Waals surface area contributed by atoms with E-state index in [0.29, 0.717) is 49.2 Å². The third-order valence-corrected chi connectivity index (χ3v) is 9.49. The molecule has 1 aromatic heterocycles. The molecule has 3 aromatic rings. The number of carbonyl (C=O) groups excluding carboxylic acids is 3. The van der Waals surface area contributed by atoms with E-state index in [9.17, 15) is 19.6 Å². The number of nitriles is 1. The second-order valence-electron chi connectivity index (χ2n) is 13.6. The molecule has 0 bridgehead atoms. The first-order chi connectivity index (χ1) is 22.4. The molecule has 2 N–H and O–H groups in total. The summed E-state index contributed by atoms with van der Waals surface area (Å²) in [6.45, 7) is 6.88. The number of carbonyl (C=O) groups is 3. The molecule has 3 amide bonds. The lowest BCUT2D eigenvalue weighted by Crippen LogP contribution is -2.45. The fourth-order valence-corrected chi connectivity index (χ4v) is 7.02. The first-order valence-corrected chi connectivity index (χ1v) is 16.4. The van der Waals surface area contributed by atoms with Gasteiger partial charge in [0.25, 0.3) is 11.8 Å². The average molecular weight is 639 g/mol. The van der Waals surface area contributed by atoms with E-state index < -0.39 is 5.41 Å². The van der Waals surface area contributed by atoms with Gasteiger partial charge in [-0.25, -0.2) is 0 Å². The summed E-state index contributed by atoms with van der Waals surface area (Å²) < 4.78 is 0. The Morgan fingerprint density at radius 1 is 0.979 bits per heavy atom. The summed E-state index contributed by atoms with van der Waals surface area (Å²) >= 11 is 0. The number of H-pyrrole nitrogens is 1. The number of hydrogen-bond acceptors (Lipinski definition) is 7. The van der Waals surface area contributed by atoms with E-state index in [4.69, 9.17) is 5.10 Å². The Morgan fingerprint density at radius 3 is 2.04 bits per heavy atom. The van der Waals surface area contributed by atoms with E-state index in [1.165, 1.54) is 0 Å². The van der Waals surface area contributed by atoms with Gasteiger partial charge in [0.1, 0.15) is 17.7 Å². The van der Waals surface area contributed by atoms with E-state index in [1.807, 2.05) is 36.4 Å². The van der Waals surface area contributed by atoms with Crippen molar-refractivity contribution in [3.05, 3.63) is 81.4 Å². The van der Waals surface area contributed by atoms with E-state index in [2.05, 4.69) is 42.2 Å². The summed E-state index contributed by atoms with van der Waals surface area (Å²) in [6, 6.07) is 13.5. The highest BCUT2D eigenvalue weighted by Crippen LogP contribution is 2.47. The molecule has 1 unspecified atom stereocenters. The molecule has 2 aliphatic rings. The molecule has 0 radical (unpaired) electrons. The van der Waals surface area contributed by atoms with Crippen molar-refractivity contribution in [3.8, 4) is 6.07 Å². The third kappa shape index (κ3) is 6.52. The number of likely N-dealkylation sites (tertiary alicyclic amines) is 1. The van der Waals surface area contributed by atoms with Crippen LogP contribution in [0.25, 0.3) is 0 Å². The Kier molecular flexibility index (Phi) is 9.82. The monoisotopic (exact) mass is 638 g/mol. The number of nitrogens with zero attached hydrogens (tertiary/aromatic N) is 6. The quantitative estimate of drug-likeness (QED) is 0.365. The zero-order valence-electron chi connectivity index (χ0n) is 28.6. The van der Waals surface area contributed by atoms with Gasteiger partial charge in [0.2, 0.25) is 5.91 Å². The fraction of sp³-hybridized carbons (Fsp3) is 0.500. The first-order valence-electron chi connectivity index (χ1n) is 16.4. The van der Waals surface area contributed by atoms with Crippen LogP contribution in [0, 0.1) is 11.3 Å². The highest BCUT2D eigenvalue weighted by Gasteiger charge is 2.45. The molecule has 11 nitrogen and oxygen atoms in total. The maximum absolute atomic E-state index is 13.2. The molecular formula is C36H46N8O3. The number of hydrogen-bond donors (Lipinski definition) is 2. The van der Waals surface area contributed by atoms with Gasteiger partial charge in [-0.1, -0.05) is 26.0 Å². The lowest BCUT2D eigenvalue weighted by atomic mass is 9.67. The van der Waals surface area contributed by atoms with Crippen LogP contribution < -0.4 is 5.32 Å². The minimum Gasteiger partial charge on any atom is -0.345 e. The molecule has 0 saturated carbocycles. The molecule has 2 aromatic carbocycles. The highest BCUT2D eigenvalue weighted by atomic mass is 16.2. The van der Waals surface area contributed by atoms with Gasteiger partial charge in [0.05, 0.1) is 18.0 Å². The average Bonchev–Trinajstić information content (AvgIpc) is 3.73. The lowest BCUT2D eigenvalue weighted by molar-refractivity contribution is -0.130. The zero-order chi connectivity index (χ0) is 34.0. The van der Waals surface area contributed by atoms with Gasteiger partial charge in [-0.2, -0.15) is 5.26 Å². The van der Waals surface area contributed by atoms with E-state index in [0.717, 1.165) is 34.5 Å². The van der Waals surface area contributed by atoms with Crippen molar-refractivity contribution in [2.24, 2.45) is 0 Å². The third-order valence-electron chi connectivity index (χ3n) is 9.49. The van der Waals surface area contributed by atoms with Crippen LogP contribution in [-0.2, 0) is 23.1 Å². The second kappa shape index (κ2) is 13.7. The van der Waals surface area contributed by atoms with Gasteiger partial charge in [-0.05, 0) is 85.5 Å². The highest BCUT2D eigenvalue weighted by molar-refractivity contribution is 5.95. The Hall–Kier alpha value is -4.56. The van der Waals surface area contributed by atoms with Gasteiger partial charge in [-0.15, -0.1) is 10.2 Å². The number of rotatable bonds is 9. The van der Waals surface area contributed by atoms with Crippen molar-refractivity contribution in [2.45, 2.75) is 76.3 Å². The summed E-state index contributed by atoms with van der Waals surface area (Å²) in [5.41, 5.74) is 4.42. The van der Waals surface area contributed by atoms with Crippen molar-refractivity contribution in [1.82, 2.24) is 35.2 Å². The summed E-state index contributed by atoms with van der Waals surface area (Å²) in [4.78, 5) is 47.8. The first kappa shape index (κ1) is 33.8. The second-order valence-corrected chi connectivity index (χ2v) is 13.6. The summed E-state index contributed by atoms with van der Waals surface area (Å²) in [5, 5.41) is 22.3. The maximum atomic E-state index is 13.2. The SMILES string of the molecule is CC(C)c1nnc(C2(C[C@@H](C)NCC(=O)N3CCCC3C#N)c3ccc(C(=O)N(C)C)cc3CCc3cc(C(=O)N(C)C)ccc32)[nH]1. The topological polar surface area (TPSA) is 138 Å². The van der Waals surface area contributed by atoms with Gasteiger partial charge in [0.15, 0.2) is 0 Å². The molecule has 1 aliphatic carbocycles. The largest absolute Gasteiger partial charge is 0.345 e. The normalized spacial score (nSPS) is 17.3. The Morgan fingerprint density at radius 2 is 1.55 bits per heavy atom. The van der Waals surface area contributed by atoms with Gasteiger partial charge >= 0.3 is 0 Å². The Labute approximate surface area is 277 Å². The van der Waals surface area contributed by atoms with Gasteiger partial charge < -0.3 is 25.0 Å². The van der Waals surface area contributed by atoms with Crippen molar-refractivity contribution in [1.29, 1.82) is 5.26 Å². The van der Waals surface area contributed by atoms with E-state index in [1.54, 1.807) is 42.9 Å². The molecule has 0 spiro atoms. The minimum absolute atomic E-state index is 0.0769. The van der Waals surface area contributed by atoms with Crippen LogP contribution in [-0.4, -0.2) is 101 Å². The Balaban J connectivity index is 1.66. The van der Waals surface area contributed by atoms with Crippen molar-refractivity contribution < 1.29 is 14.4 Å². The number of aromatic amines is 1. The number of aryl methyl sites for hydroxylation is 2. The van der Waals surface area contributed by atoms with E-state index >= 15 is 0 Å². The van der Waals surface area contributed by atoms with Crippen LogP contribution in [0.15, 0.2) is 36.4 Å². The summed E-state index contributed by atoms with van der Waals surface area (Å²) in [6.07, 6.45) is 3.37. The predicted octanol–water partition coefficient (Wildman–Crippen LogP) is 3.65. The number of fused-ring (bicyclic) bond motifs is 2. The predicted molar refractivity (Wildman–Crippen MR) is 179 cm³/mol. The fourth-order valence-electron chi connectivity index (χ4n) is 7.02. The molecule has 11 heteroatoms. The minimum atomic E-state index is -0.848.